The lowest BCUT2D eigenvalue weighted by Gasteiger charge is -2.16. The van der Waals surface area contributed by atoms with Crippen LogP contribution in [-0.4, -0.2) is 11.0 Å². The van der Waals surface area contributed by atoms with Gasteiger partial charge in [0.15, 0.2) is 5.13 Å². The molecule has 2 nitrogen and oxygen atoms in total. The molecule has 0 aromatic carbocycles. The molecule has 3 heteroatoms. The van der Waals surface area contributed by atoms with Crippen molar-refractivity contribution < 1.29 is 0 Å². The first-order valence-electron chi connectivity index (χ1n) is 5.05. The summed E-state index contributed by atoms with van der Waals surface area (Å²) in [6.45, 7) is 13.0. The maximum absolute atomic E-state index is 4.63. The van der Waals surface area contributed by atoms with Crippen molar-refractivity contribution in [2.45, 2.75) is 53.0 Å². The fourth-order valence-corrected chi connectivity index (χ4v) is 2.57. The third-order valence-electron chi connectivity index (χ3n) is 1.92. The Hall–Kier alpha value is -0.570. The van der Waals surface area contributed by atoms with Crippen molar-refractivity contribution in [3.05, 3.63) is 10.6 Å². The highest BCUT2D eigenvalue weighted by molar-refractivity contribution is 7.15. The van der Waals surface area contributed by atoms with E-state index in [-0.39, 0.29) is 5.41 Å². The Balaban J connectivity index is 2.94. The van der Waals surface area contributed by atoms with Gasteiger partial charge >= 0.3 is 0 Å². The maximum Gasteiger partial charge on any atom is 0.183 e. The van der Waals surface area contributed by atoms with E-state index in [1.165, 1.54) is 10.6 Å². The van der Waals surface area contributed by atoms with Crippen molar-refractivity contribution in [3.63, 3.8) is 0 Å². The van der Waals surface area contributed by atoms with Crippen LogP contribution in [0.5, 0.6) is 0 Å². The molecule has 0 saturated heterocycles. The summed E-state index contributed by atoms with van der Waals surface area (Å²) < 4.78 is 0. The molecule has 80 valence electrons. The van der Waals surface area contributed by atoms with Crippen LogP contribution in [0, 0.1) is 6.92 Å². The lowest BCUT2D eigenvalue weighted by Crippen LogP contribution is -2.14. The number of nitrogens with one attached hydrogen (secondary N) is 1. The Morgan fingerprint density at radius 1 is 1.29 bits per heavy atom. The normalized spacial score (nSPS) is 12.2. The molecule has 0 atom stereocenters. The summed E-state index contributed by atoms with van der Waals surface area (Å²) in [4.78, 5) is 5.95. The largest absolute Gasteiger partial charge is 0.359 e. The summed E-state index contributed by atoms with van der Waals surface area (Å²) in [7, 11) is 0. The Kier molecular flexibility index (Phi) is 3.20. The number of thiazole rings is 1. The highest BCUT2D eigenvalue weighted by Gasteiger charge is 2.21. The van der Waals surface area contributed by atoms with Crippen molar-refractivity contribution in [2.24, 2.45) is 0 Å². The molecule has 0 amide bonds. The molecule has 1 aromatic rings. The first kappa shape index (κ1) is 11.5. The van der Waals surface area contributed by atoms with Gasteiger partial charge in [0.1, 0.15) is 0 Å². The number of aromatic nitrogens is 1. The molecule has 0 radical (unpaired) electrons. The molecule has 0 unspecified atom stereocenters. The van der Waals surface area contributed by atoms with Crippen molar-refractivity contribution in [1.29, 1.82) is 0 Å². The molecule has 0 bridgehead atoms. The van der Waals surface area contributed by atoms with Gasteiger partial charge in [0.05, 0.1) is 5.69 Å². The van der Waals surface area contributed by atoms with E-state index in [1.54, 1.807) is 11.3 Å². The highest BCUT2D eigenvalue weighted by atomic mass is 32.1. The van der Waals surface area contributed by atoms with E-state index >= 15 is 0 Å². The van der Waals surface area contributed by atoms with E-state index in [2.05, 4.69) is 51.8 Å². The third-order valence-corrected chi connectivity index (χ3v) is 2.82. The van der Waals surface area contributed by atoms with Gasteiger partial charge in [0, 0.05) is 16.3 Å². The standard InChI is InChI=1S/C11H20N2S/c1-7(2)12-10-13-9(8(3)14-10)11(4,5)6/h7H,1-6H3,(H,12,13). The second kappa shape index (κ2) is 3.89. The smallest absolute Gasteiger partial charge is 0.183 e. The highest BCUT2D eigenvalue weighted by Crippen LogP contribution is 2.31. The summed E-state index contributed by atoms with van der Waals surface area (Å²) in [5.41, 5.74) is 1.36. The molecule has 1 rings (SSSR count). The molecule has 0 saturated carbocycles. The minimum Gasteiger partial charge on any atom is -0.359 e. The number of hydrogen-bond donors (Lipinski definition) is 1. The van der Waals surface area contributed by atoms with E-state index in [0.29, 0.717) is 6.04 Å². The van der Waals surface area contributed by atoms with Crippen LogP contribution in [0.25, 0.3) is 0 Å². The molecule has 1 aromatic heterocycles. The monoisotopic (exact) mass is 212 g/mol. The Morgan fingerprint density at radius 3 is 2.21 bits per heavy atom. The second-order valence-electron chi connectivity index (χ2n) is 4.97. The molecular formula is C11H20N2S. The van der Waals surface area contributed by atoms with Gasteiger partial charge in [-0.05, 0) is 20.8 Å². The van der Waals surface area contributed by atoms with Crippen LogP contribution < -0.4 is 5.32 Å². The van der Waals surface area contributed by atoms with Crippen molar-refractivity contribution in [3.8, 4) is 0 Å². The fraction of sp³-hybridized carbons (Fsp3) is 0.727. The topological polar surface area (TPSA) is 24.9 Å². The van der Waals surface area contributed by atoms with E-state index in [9.17, 15) is 0 Å². The average molecular weight is 212 g/mol. The zero-order valence-electron chi connectivity index (χ0n) is 9.93. The van der Waals surface area contributed by atoms with Crippen LogP contribution >= 0.6 is 11.3 Å². The average Bonchev–Trinajstić information content (AvgIpc) is 2.27. The molecular weight excluding hydrogens is 192 g/mol. The summed E-state index contributed by atoms with van der Waals surface area (Å²) in [5, 5.41) is 4.39. The van der Waals surface area contributed by atoms with Crippen LogP contribution in [0.2, 0.25) is 0 Å². The van der Waals surface area contributed by atoms with Gasteiger partial charge in [-0.3, -0.25) is 0 Å². The van der Waals surface area contributed by atoms with Crippen LogP contribution in [-0.2, 0) is 5.41 Å². The maximum atomic E-state index is 4.63. The SMILES string of the molecule is Cc1sc(NC(C)C)nc1C(C)(C)C. The zero-order chi connectivity index (χ0) is 10.9. The number of anilines is 1. The van der Waals surface area contributed by atoms with Crippen LogP contribution in [0.1, 0.15) is 45.2 Å². The number of rotatable bonds is 2. The molecule has 14 heavy (non-hydrogen) atoms. The van der Waals surface area contributed by atoms with Crippen LogP contribution in [0.3, 0.4) is 0 Å². The molecule has 0 aliphatic rings. The van der Waals surface area contributed by atoms with E-state index in [0.717, 1.165) is 5.13 Å². The first-order valence-corrected chi connectivity index (χ1v) is 5.87. The third kappa shape index (κ3) is 2.71. The fourth-order valence-electron chi connectivity index (χ4n) is 1.40. The van der Waals surface area contributed by atoms with Crippen molar-refractivity contribution in [2.75, 3.05) is 5.32 Å². The van der Waals surface area contributed by atoms with Gasteiger partial charge in [0.25, 0.3) is 0 Å². The lowest BCUT2D eigenvalue weighted by molar-refractivity contribution is 0.569. The van der Waals surface area contributed by atoms with Crippen LogP contribution in [0.4, 0.5) is 5.13 Å². The Labute approximate surface area is 90.8 Å². The van der Waals surface area contributed by atoms with Crippen LogP contribution in [0.15, 0.2) is 0 Å². The quantitative estimate of drug-likeness (QED) is 0.810. The predicted octanol–water partition coefficient (Wildman–Crippen LogP) is 3.57. The van der Waals surface area contributed by atoms with Gasteiger partial charge < -0.3 is 5.32 Å². The lowest BCUT2D eigenvalue weighted by atomic mass is 9.92. The Morgan fingerprint density at radius 2 is 1.86 bits per heavy atom. The van der Waals surface area contributed by atoms with Gasteiger partial charge in [-0.15, -0.1) is 11.3 Å². The Bertz CT molecular complexity index is 308. The number of nitrogens with zero attached hydrogens (tertiary/aromatic N) is 1. The van der Waals surface area contributed by atoms with Gasteiger partial charge in [-0.2, -0.15) is 0 Å². The van der Waals surface area contributed by atoms with Gasteiger partial charge in [-0.1, -0.05) is 20.8 Å². The number of hydrogen-bond acceptors (Lipinski definition) is 3. The van der Waals surface area contributed by atoms with Gasteiger partial charge in [-0.25, -0.2) is 4.98 Å². The molecule has 0 fully saturated rings. The van der Waals surface area contributed by atoms with E-state index < -0.39 is 0 Å². The summed E-state index contributed by atoms with van der Waals surface area (Å²) >= 11 is 1.75. The number of aryl methyl sites for hydroxylation is 1. The van der Waals surface area contributed by atoms with E-state index in [1.807, 2.05) is 0 Å². The summed E-state index contributed by atoms with van der Waals surface area (Å²) in [6.07, 6.45) is 0. The van der Waals surface area contributed by atoms with E-state index in [4.69, 9.17) is 0 Å². The molecule has 0 spiro atoms. The van der Waals surface area contributed by atoms with Crippen molar-refractivity contribution >= 4 is 16.5 Å². The van der Waals surface area contributed by atoms with Crippen molar-refractivity contribution in [1.82, 2.24) is 4.98 Å². The predicted molar refractivity (Wildman–Crippen MR) is 64.3 cm³/mol. The first-order chi connectivity index (χ1) is 6.30. The molecule has 1 heterocycles. The second-order valence-corrected chi connectivity index (χ2v) is 6.18. The molecule has 0 aliphatic heterocycles. The molecule has 0 aliphatic carbocycles. The van der Waals surface area contributed by atoms with Gasteiger partial charge in [0.2, 0.25) is 0 Å². The summed E-state index contributed by atoms with van der Waals surface area (Å²) in [6, 6.07) is 0.452. The summed E-state index contributed by atoms with van der Waals surface area (Å²) in [5.74, 6) is 0. The minimum absolute atomic E-state index is 0.150. The molecule has 1 N–H and O–H groups in total. The minimum atomic E-state index is 0.150. The zero-order valence-corrected chi connectivity index (χ0v) is 10.7.